The van der Waals surface area contributed by atoms with E-state index < -0.39 is 0 Å². The van der Waals surface area contributed by atoms with Crippen LogP contribution in [-0.4, -0.2) is 28.5 Å². The molecule has 0 aliphatic carbocycles. The normalized spacial score (nSPS) is 16.7. The van der Waals surface area contributed by atoms with E-state index in [9.17, 15) is 0 Å². The van der Waals surface area contributed by atoms with Crippen LogP contribution in [0.15, 0.2) is 65.8 Å². The number of guanidine groups is 1. The molecule has 3 rings (SSSR count). The topological polar surface area (TPSA) is 55.0 Å². The molecular formula is C19H22N5+. The molecule has 5 nitrogen and oxygen atoms in total. The molecule has 0 amide bonds. The Labute approximate surface area is 142 Å². The molecule has 2 aromatic rings. The van der Waals surface area contributed by atoms with Gasteiger partial charge in [-0.15, -0.1) is 0 Å². The molecule has 24 heavy (non-hydrogen) atoms. The summed E-state index contributed by atoms with van der Waals surface area (Å²) in [6.45, 7) is 6.00. The van der Waals surface area contributed by atoms with Gasteiger partial charge in [0, 0.05) is 10.0 Å². The van der Waals surface area contributed by atoms with Crippen molar-refractivity contribution in [3.8, 4) is 0 Å². The first-order valence-electron chi connectivity index (χ1n) is 8.27. The van der Waals surface area contributed by atoms with Gasteiger partial charge < -0.3 is 0 Å². The van der Waals surface area contributed by atoms with Gasteiger partial charge in [-0.2, -0.15) is 0 Å². The van der Waals surface area contributed by atoms with Crippen molar-refractivity contribution in [1.82, 2.24) is 4.90 Å². The molecule has 0 N–H and O–H groups in total. The van der Waals surface area contributed by atoms with Crippen LogP contribution in [0.1, 0.15) is 37.1 Å². The van der Waals surface area contributed by atoms with Gasteiger partial charge in [-0.3, -0.25) is 9.48 Å². The maximum absolute atomic E-state index is 9.05. The Balaban J connectivity index is 1.95. The number of nitrogens with zero attached hydrogens (tertiary/aromatic N) is 5. The molecule has 1 aliphatic rings. The van der Waals surface area contributed by atoms with Crippen LogP contribution >= 0.6 is 0 Å². The lowest BCUT2D eigenvalue weighted by Gasteiger charge is -2.22. The predicted molar refractivity (Wildman–Crippen MR) is 95.7 cm³/mol. The van der Waals surface area contributed by atoms with Crippen molar-refractivity contribution >= 4 is 5.96 Å². The summed E-state index contributed by atoms with van der Waals surface area (Å²) in [6, 6.07) is 21.0. The van der Waals surface area contributed by atoms with E-state index in [1.165, 1.54) is 11.1 Å². The summed E-state index contributed by atoms with van der Waals surface area (Å²) in [5, 5.41) is 4.03. The second-order valence-electron chi connectivity index (χ2n) is 6.05. The summed E-state index contributed by atoms with van der Waals surface area (Å²) in [4.78, 5) is 5.26. The van der Waals surface area contributed by atoms with Gasteiger partial charge in [-0.25, -0.2) is 0 Å². The summed E-state index contributed by atoms with van der Waals surface area (Å²) in [6.07, 6.45) is 0. The van der Waals surface area contributed by atoms with Crippen LogP contribution < -0.4 is 0 Å². The van der Waals surface area contributed by atoms with Crippen LogP contribution in [0.3, 0.4) is 0 Å². The minimum absolute atomic E-state index is 0.166. The van der Waals surface area contributed by atoms with Gasteiger partial charge in [0.05, 0.1) is 25.2 Å². The molecule has 0 aromatic heterocycles. The van der Waals surface area contributed by atoms with Crippen molar-refractivity contribution in [1.29, 1.82) is 0 Å². The lowest BCUT2D eigenvalue weighted by molar-refractivity contribution is -0.560. The lowest BCUT2D eigenvalue weighted by atomic mass is 10.1. The Morgan fingerprint density at radius 2 is 1.58 bits per heavy atom. The van der Waals surface area contributed by atoms with E-state index in [-0.39, 0.29) is 12.1 Å². The van der Waals surface area contributed by atoms with E-state index in [4.69, 9.17) is 5.53 Å². The van der Waals surface area contributed by atoms with Gasteiger partial charge in [0.15, 0.2) is 0 Å². The van der Waals surface area contributed by atoms with Crippen LogP contribution in [0.5, 0.6) is 0 Å². The van der Waals surface area contributed by atoms with Gasteiger partial charge in [-0.1, -0.05) is 60.7 Å². The number of benzene rings is 2. The summed E-state index contributed by atoms with van der Waals surface area (Å²) in [7, 11) is 0. The fraction of sp³-hybridized carbons (Fsp3) is 0.316. The highest BCUT2D eigenvalue weighted by Crippen LogP contribution is 2.26. The quantitative estimate of drug-likeness (QED) is 0.354. The van der Waals surface area contributed by atoms with Crippen molar-refractivity contribution in [2.75, 3.05) is 13.1 Å². The third-order valence-corrected chi connectivity index (χ3v) is 4.73. The minimum Gasteiger partial charge on any atom is -0.281 e. The van der Waals surface area contributed by atoms with Crippen molar-refractivity contribution in [3.05, 3.63) is 82.2 Å². The second kappa shape index (κ2) is 7.20. The van der Waals surface area contributed by atoms with E-state index in [0.717, 1.165) is 13.1 Å². The fourth-order valence-corrected chi connectivity index (χ4v) is 3.29. The average Bonchev–Trinajstić information content (AvgIpc) is 3.06. The number of hydrogen-bond donors (Lipinski definition) is 0. The third-order valence-electron chi connectivity index (χ3n) is 4.73. The highest BCUT2D eigenvalue weighted by molar-refractivity contribution is 5.77. The molecule has 5 heteroatoms. The van der Waals surface area contributed by atoms with Gasteiger partial charge in [0.25, 0.3) is 5.96 Å². The molecule has 2 atom stereocenters. The fourth-order valence-electron chi connectivity index (χ4n) is 3.29. The van der Waals surface area contributed by atoms with Gasteiger partial charge >= 0.3 is 0 Å². The minimum atomic E-state index is 0.166. The molecule has 0 bridgehead atoms. The van der Waals surface area contributed by atoms with E-state index >= 15 is 0 Å². The Bertz CT molecular complexity index is 763. The highest BCUT2D eigenvalue weighted by atomic mass is 15.4. The molecule has 0 saturated heterocycles. The first kappa shape index (κ1) is 16.1. The van der Waals surface area contributed by atoms with Gasteiger partial charge in [0.2, 0.25) is 0 Å². The van der Waals surface area contributed by atoms with Crippen LogP contribution in [0.4, 0.5) is 0 Å². The maximum atomic E-state index is 9.05. The molecule has 0 saturated carbocycles. The summed E-state index contributed by atoms with van der Waals surface area (Å²) < 4.78 is 2.19. The largest absolute Gasteiger partial charge is 0.283 e. The van der Waals surface area contributed by atoms with Crippen molar-refractivity contribution in [2.45, 2.75) is 25.9 Å². The van der Waals surface area contributed by atoms with Crippen LogP contribution in [-0.2, 0) is 0 Å². The monoisotopic (exact) mass is 320 g/mol. The van der Waals surface area contributed by atoms with Gasteiger partial charge in [0.1, 0.15) is 0 Å². The Morgan fingerprint density at radius 1 is 1.00 bits per heavy atom. The molecular weight excluding hydrogens is 298 g/mol. The zero-order valence-electron chi connectivity index (χ0n) is 14.1. The Morgan fingerprint density at radius 3 is 2.17 bits per heavy atom. The van der Waals surface area contributed by atoms with E-state index in [1.54, 1.807) is 0 Å². The van der Waals surface area contributed by atoms with Crippen LogP contribution in [0.25, 0.3) is 10.4 Å². The van der Waals surface area contributed by atoms with Crippen molar-refractivity contribution in [3.63, 3.8) is 0 Å². The molecule has 1 heterocycles. The van der Waals surface area contributed by atoms with Crippen LogP contribution in [0, 0.1) is 0 Å². The Hall–Kier alpha value is -2.78. The average molecular weight is 320 g/mol. The summed E-state index contributed by atoms with van der Waals surface area (Å²) in [5.41, 5.74) is 11.5. The first-order chi connectivity index (χ1) is 11.7. The third kappa shape index (κ3) is 3.12. The molecule has 1 aliphatic heterocycles. The molecule has 0 unspecified atom stereocenters. The van der Waals surface area contributed by atoms with E-state index in [2.05, 4.69) is 57.6 Å². The molecule has 0 fully saturated rings. The second-order valence-corrected chi connectivity index (χ2v) is 6.05. The number of azide groups is 1. The van der Waals surface area contributed by atoms with Crippen LogP contribution in [0.2, 0.25) is 0 Å². The Kier molecular flexibility index (Phi) is 4.82. The smallest absolute Gasteiger partial charge is 0.281 e. The zero-order chi connectivity index (χ0) is 16.9. The number of hydrogen-bond acceptors (Lipinski definition) is 2. The summed E-state index contributed by atoms with van der Waals surface area (Å²) in [5.74, 6) is 0.713. The standard InChI is InChI=1S/C19H22N5/c1-15(17-9-5-3-6-10-17)23-13-14-24(19(23)21-22-20)16(2)18-11-7-4-8-12-18/h3-12,15-16H,13-14H2,1-2H3/q+1/t15-,16-/m0/s1. The van der Waals surface area contributed by atoms with Crippen molar-refractivity contribution < 1.29 is 4.58 Å². The highest BCUT2D eigenvalue weighted by Gasteiger charge is 2.33. The summed E-state index contributed by atoms with van der Waals surface area (Å²) >= 11 is 0. The lowest BCUT2D eigenvalue weighted by Crippen LogP contribution is -2.31. The SMILES string of the molecule is C[C@@H](c1ccccc1)N1CC[N+]([C@@H](C)c2ccccc2)=C1N=[N+]=[N-]. The van der Waals surface area contributed by atoms with E-state index in [0.29, 0.717) is 5.96 Å². The van der Waals surface area contributed by atoms with E-state index in [1.807, 2.05) is 36.4 Å². The first-order valence-corrected chi connectivity index (χ1v) is 8.27. The number of rotatable bonds is 4. The molecule has 0 spiro atoms. The van der Waals surface area contributed by atoms with Crippen molar-refractivity contribution in [2.24, 2.45) is 5.11 Å². The maximum Gasteiger partial charge on any atom is 0.283 e. The molecule has 122 valence electrons. The molecule has 2 aromatic carbocycles. The zero-order valence-corrected chi connectivity index (χ0v) is 14.1. The van der Waals surface area contributed by atoms with Gasteiger partial charge in [-0.05, 0) is 30.5 Å². The molecule has 0 radical (unpaired) electrons. The predicted octanol–water partition coefficient (Wildman–Crippen LogP) is 4.50.